The number of aliphatic hydroxyl groups is 1. The van der Waals surface area contributed by atoms with Crippen LogP contribution in [0.15, 0.2) is 83.1 Å². The van der Waals surface area contributed by atoms with Crippen LogP contribution in [0.5, 0.6) is 0 Å². The molecule has 3 aromatic carbocycles. The zero-order valence-corrected chi connectivity index (χ0v) is 16.2. The summed E-state index contributed by atoms with van der Waals surface area (Å²) in [6, 6.07) is 19.9. The van der Waals surface area contributed by atoms with Crippen molar-refractivity contribution < 1.29 is 14.8 Å². The highest BCUT2D eigenvalue weighted by Gasteiger charge is 2.26. The number of nitrogens with zero attached hydrogens (tertiary/aromatic N) is 2. The van der Waals surface area contributed by atoms with Crippen molar-refractivity contribution in [2.24, 2.45) is 4.99 Å². The Balaban J connectivity index is 1.78. The zero-order valence-electron chi connectivity index (χ0n) is 16.2. The van der Waals surface area contributed by atoms with Crippen LogP contribution in [-0.4, -0.2) is 21.5 Å². The Morgan fingerprint density at radius 3 is 2.57 bits per heavy atom. The maximum Gasteiger partial charge on any atom is 0.294 e. The van der Waals surface area contributed by atoms with Crippen molar-refractivity contribution >= 4 is 33.6 Å². The molecule has 0 bridgehead atoms. The van der Waals surface area contributed by atoms with Gasteiger partial charge in [-0.2, -0.15) is 0 Å². The second-order valence-electron chi connectivity index (χ2n) is 7.22. The molecule has 0 heterocycles. The van der Waals surface area contributed by atoms with E-state index in [0.717, 1.165) is 16.3 Å². The van der Waals surface area contributed by atoms with Crippen molar-refractivity contribution in [2.75, 3.05) is 0 Å². The number of Topliss-reactive ketones (excluding diaryl/α,β-unsaturated/α-hetero) is 1. The number of nitro benzene ring substituents is 1. The smallest absolute Gasteiger partial charge is 0.294 e. The number of hydrogen-bond donors (Lipinski definition) is 1. The topological polar surface area (TPSA) is 92.8 Å². The molecule has 4 rings (SSSR count). The van der Waals surface area contributed by atoms with Gasteiger partial charge < -0.3 is 5.11 Å². The second-order valence-corrected chi connectivity index (χ2v) is 7.22. The van der Waals surface area contributed by atoms with Gasteiger partial charge in [0, 0.05) is 18.9 Å². The third-order valence-corrected chi connectivity index (χ3v) is 5.25. The highest BCUT2D eigenvalue weighted by molar-refractivity contribution is 6.24. The van der Waals surface area contributed by atoms with Crippen molar-refractivity contribution in [1.82, 2.24) is 0 Å². The van der Waals surface area contributed by atoms with E-state index in [1.54, 1.807) is 18.2 Å². The van der Waals surface area contributed by atoms with Crippen LogP contribution in [0.1, 0.15) is 24.8 Å². The minimum Gasteiger partial charge on any atom is -0.511 e. The van der Waals surface area contributed by atoms with E-state index in [1.807, 2.05) is 42.5 Å². The lowest BCUT2D eigenvalue weighted by Gasteiger charge is -2.18. The Morgan fingerprint density at radius 2 is 1.73 bits per heavy atom. The molecule has 0 aromatic heterocycles. The first-order valence-corrected chi connectivity index (χ1v) is 9.78. The van der Waals surface area contributed by atoms with Gasteiger partial charge in [0.15, 0.2) is 5.78 Å². The van der Waals surface area contributed by atoms with Gasteiger partial charge in [0.05, 0.1) is 16.2 Å². The van der Waals surface area contributed by atoms with Crippen molar-refractivity contribution in [3.63, 3.8) is 0 Å². The van der Waals surface area contributed by atoms with Crippen molar-refractivity contribution in [2.45, 2.75) is 25.7 Å². The predicted molar refractivity (Wildman–Crippen MR) is 116 cm³/mol. The standard InChI is InChI=1S/C24H20N2O4/c27-22-14-6-12-20(25-19-11-3-4-13-21(19)26(29)30)24(22)23(28)15-17-9-5-8-16-7-1-2-10-18(16)17/h1-5,7-11,13,28H,6,12,14-15H2/b24-23-,25-20?. The minimum atomic E-state index is -0.497. The molecule has 150 valence electrons. The first-order chi connectivity index (χ1) is 14.5. The van der Waals surface area contributed by atoms with Crippen LogP contribution in [0.2, 0.25) is 0 Å². The number of nitro groups is 1. The van der Waals surface area contributed by atoms with Crippen LogP contribution in [0.25, 0.3) is 10.8 Å². The van der Waals surface area contributed by atoms with Gasteiger partial charge in [-0.05, 0) is 35.2 Å². The maximum atomic E-state index is 12.7. The van der Waals surface area contributed by atoms with Gasteiger partial charge in [0.2, 0.25) is 0 Å². The average molecular weight is 400 g/mol. The summed E-state index contributed by atoms with van der Waals surface area (Å²) in [7, 11) is 0. The quantitative estimate of drug-likeness (QED) is 0.266. The predicted octanol–water partition coefficient (Wildman–Crippen LogP) is 5.63. The van der Waals surface area contributed by atoms with Crippen molar-refractivity contribution in [1.29, 1.82) is 0 Å². The number of ketones is 1. The van der Waals surface area contributed by atoms with Gasteiger partial charge in [-0.1, -0.05) is 54.6 Å². The number of carbonyl (C=O) groups excluding carboxylic acids is 1. The molecule has 0 radical (unpaired) electrons. The fourth-order valence-corrected chi connectivity index (χ4v) is 3.84. The Morgan fingerprint density at radius 1 is 1.00 bits per heavy atom. The molecule has 30 heavy (non-hydrogen) atoms. The van der Waals surface area contributed by atoms with Crippen LogP contribution in [0.3, 0.4) is 0 Å². The summed E-state index contributed by atoms with van der Waals surface area (Å²) in [4.78, 5) is 27.9. The summed E-state index contributed by atoms with van der Waals surface area (Å²) in [6.07, 6.45) is 1.60. The van der Waals surface area contributed by atoms with Gasteiger partial charge in [-0.25, -0.2) is 4.99 Å². The van der Waals surface area contributed by atoms with E-state index >= 15 is 0 Å². The lowest BCUT2D eigenvalue weighted by Crippen LogP contribution is -2.21. The third-order valence-electron chi connectivity index (χ3n) is 5.25. The molecule has 3 aromatic rings. The van der Waals surface area contributed by atoms with Crippen molar-refractivity contribution in [3.05, 3.63) is 93.7 Å². The first kappa shape index (κ1) is 19.5. The number of benzene rings is 3. The van der Waals surface area contributed by atoms with Gasteiger partial charge in [-0.3, -0.25) is 14.9 Å². The second kappa shape index (κ2) is 8.29. The summed E-state index contributed by atoms with van der Waals surface area (Å²) < 4.78 is 0. The largest absolute Gasteiger partial charge is 0.511 e. The molecule has 0 atom stereocenters. The molecular formula is C24H20N2O4. The molecule has 0 aliphatic heterocycles. The van der Waals surface area contributed by atoms with E-state index in [4.69, 9.17) is 0 Å². The van der Waals surface area contributed by atoms with Gasteiger partial charge in [0.25, 0.3) is 5.69 Å². The number of aliphatic imine (C=N–C) groups is 1. The summed E-state index contributed by atoms with van der Waals surface area (Å²) in [5.74, 6) is -0.232. The number of hydrogen-bond acceptors (Lipinski definition) is 5. The number of fused-ring (bicyclic) bond motifs is 1. The molecule has 1 N–H and O–H groups in total. The van der Waals surface area contributed by atoms with Crippen LogP contribution < -0.4 is 0 Å². The molecule has 0 saturated heterocycles. The Hall–Kier alpha value is -3.80. The number of allylic oxidation sites excluding steroid dienone is 2. The summed E-state index contributed by atoms with van der Waals surface area (Å²) in [5.41, 5.74) is 1.55. The lowest BCUT2D eigenvalue weighted by molar-refractivity contribution is -0.384. The molecule has 6 heteroatoms. The Kier molecular flexibility index (Phi) is 5.39. The normalized spacial score (nSPS) is 17.3. The number of aliphatic hydroxyl groups excluding tert-OH is 1. The highest BCUT2D eigenvalue weighted by Crippen LogP contribution is 2.31. The summed E-state index contributed by atoms with van der Waals surface area (Å²) >= 11 is 0. The molecule has 1 aliphatic carbocycles. The summed E-state index contributed by atoms with van der Waals surface area (Å²) in [5, 5.41) is 24.3. The maximum absolute atomic E-state index is 12.7. The third kappa shape index (κ3) is 3.85. The van der Waals surface area contributed by atoms with Gasteiger partial charge in [0.1, 0.15) is 11.4 Å². The van der Waals surface area contributed by atoms with Crippen LogP contribution in [-0.2, 0) is 11.2 Å². The monoisotopic (exact) mass is 400 g/mol. The molecule has 0 amide bonds. The summed E-state index contributed by atoms with van der Waals surface area (Å²) in [6.45, 7) is 0. The Bertz CT molecular complexity index is 1210. The molecule has 1 saturated carbocycles. The fraction of sp³-hybridized carbons (Fsp3) is 0.167. The van der Waals surface area contributed by atoms with Gasteiger partial charge in [-0.15, -0.1) is 0 Å². The first-order valence-electron chi connectivity index (χ1n) is 9.78. The molecule has 1 fully saturated rings. The van der Waals surface area contributed by atoms with E-state index in [-0.39, 0.29) is 34.9 Å². The van der Waals surface area contributed by atoms with E-state index < -0.39 is 4.92 Å². The number of carbonyl (C=O) groups is 1. The number of para-hydroxylation sites is 2. The van der Waals surface area contributed by atoms with E-state index in [1.165, 1.54) is 6.07 Å². The number of rotatable bonds is 4. The van der Waals surface area contributed by atoms with E-state index in [2.05, 4.69) is 4.99 Å². The van der Waals surface area contributed by atoms with E-state index in [9.17, 15) is 20.0 Å². The minimum absolute atomic E-state index is 0.0478. The SMILES string of the molecule is O=C1CCCC(=Nc2ccccc2[N+](=O)[O-])/C1=C(/O)Cc1cccc2ccccc12. The van der Waals surface area contributed by atoms with Gasteiger partial charge >= 0.3 is 0 Å². The fourth-order valence-electron chi connectivity index (χ4n) is 3.84. The highest BCUT2D eigenvalue weighted by atomic mass is 16.6. The lowest BCUT2D eigenvalue weighted by atomic mass is 9.88. The molecule has 0 unspecified atom stereocenters. The Labute approximate surface area is 173 Å². The van der Waals surface area contributed by atoms with Crippen LogP contribution in [0, 0.1) is 10.1 Å². The zero-order chi connectivity index (χ0) is 21.1. The molecule has 0 spiro atoms. The molecular weight excluding hydrogens is 380 g/mol. The van der Waals surface area contributed by atoms with E-state index in [0.29, 0.717) is 25.0 Å². The van der Waals surface area contributed by atoms with Crippen LogP contribution >= 0.6 is 0 Å². The van der Waals surface area contributed by atoms with Crippen molar-refractivity contribution in [3.8, 4) is 0 Å². The molecule has 6 nitrogen and oxygen atoms in total. The molecule has 1 aliphatic rings. The van der Waals surface area contributed by atoms with Crippen LogP contribution in [0.4, 0.5) is 11.4 Å². The average Bonchev–Trinajstić information content (AvgIpc) is 2.74.